The number of anilines is 1. The lowest BCUT2D eigenvalue weighted by Gasteiger charge is -2.09. The van der Waals surface area contributed by atoms with Gasteiger partial charge in [-0.15, -0.1) is 0 Å². The fourth-order valence-electron chi connectivity index (χ4n) is 1.62. The van der Waals surface area contributed by atoms with Crippen LogP contribution in [0.5, 0.6) is 5.75 Å². The van der Waals surface area contributed by atoms with E-state index in [0.717, 1.165) is 30.0 Å². The van der Waals surface area contributed by atoms with Crippen molar-refractivity contribution >= 4 is 11.7 Å². The Morgan fingerprint density at radius 3 is 2.76 bits per heavy atom. The molecule has 0 aromatic heterocycles. The first-order valence-electron chi connectivity index (χ1n) is 5.74. The summed E-state index contributed by atoms with van der Waals surface area (Å²) >= 11 is 0. The van der Waals surface area contributed by atoms with Crippen molar-refractivity contribution in [2.75, 3.05) is 19.0 Å². The lowest BCUT2D eigenvalue weighted by atomic mass is 10.2. The van der Waals surface area contributed by atoms with Gasteiger partial charge in [0.15, 0.2) is 0 Å². The van der Waals surface area contributed by atoms with E-state index in [2.05, 4.69) is 5.32 Å². The molecule has 17 heavy (non-hydrogen) atoms. The average Bonchev–Trinajstić information content (AvgIpc) is 2.28. The quantitative estimate of drug-likeness (QED) is 0.716. The molecule has 1 aromatic rings. The first-order valence-corrected chi connectivity index (χ1v) is 5.74. The molecule has 2 N–H and O–H groups in total. The van der Waals surface area contributed by atoms with Crippen molar-refractivity contribution in [3.8, 4) is 5.75 Å². The molecule has 0 atom stereocenters. The van der Waals surface area contributed by atoms with Gasteiger partial charge in [0.25, 0.3) is 0 Å². The molecule has 94 valence electrons. The SMILES string of the molecule is COc1ccc(NCCCCC(=O)O)cc1C. The molecule has 0 aliphatic rings. The third-order valence-electron chi connectivity index (χ3n) is 2.54. The molecule has 1 aromatic carbocycles. The Kier molecular flexibility index (Phi) is 5.33. The largest absolute Gasteiger partial charge is 0.496 e. The average molecular weight is 237 g/mol. The van der Waals surface area contributed by atoms with Crippen LogP contribution in [0.3, 0.4) is 0 Å². The van der Waals surface area contributed by atoms with Crippen molar-refractivity contribution in [3.63, 3.8) is 0 Å². The number of ether oxygens (including phenoxy) is 1. The Balaban J connectivity index is 2.32. The maximum atomic E-state index is 10.3. The van der Waals surface area contributed by atoms with Crippen LogP contribution < -0.4 is 10.1 Å². The fraction of sp³-hybridized carbons (Fsp3) is 0.462. The molecular formula is C13H19NO3. The number of nitrogens with one attached hydrogen (secondary N) is 1. The molecule has 0 fully saturated rings. The summed E-state index contributed by atoms with van der Waals surface area (Å²) in [6.45, 7) is 2.79. The van der Waals surface area contributed by atoms with E-state index in [1.54, 1.807) is 7.11 Å². The van der Waals surface area contributed by atoms with Gasteiger partial charge in [0, 0.05) is 18.7 Å². The highest BCUT2D eigenvalue weighted by Crippen LogP contribution is 2.21. The lowest BCUT2D eigenvalue weighted by molar-refractivity contribution is -0.137. The highest BCUT2D eigenvalue weighted by molar-refractivity contribution is 5.66. The number of unbranched alkanes of at least 4 members (excludes halogenated alkanes) is 1. The predicted octanol–water partition coefficient (Wildman–Crippen LogP) is 2.67. The summed E-state index contributed by atoms with van der Waals surface area (Å²) in [4.78, 5) is 10.3. The van der Waals surface area contributed by atoms with Gasteiger partial charge in [-0.05, 0) is 43.5 Å². The van der Waals surface area contributed by atoms with Crippen LogP contribution in [-0.2, 0) is 4.79 Å². The van der Waals surface area contributed by atoms with E-state index < -0.39 is 5.97 Å². The highest BCUT2D eigenvalue weighted by atomic mass is 16.5. The lowest BCUT2D eigenvalue weighted by Crippen LogP contribution is -2.03. The van der Waals surface area contributed by atoms with Gasteiger partial charge >= 0.3 is 5.97 Å². The monoisotopic (exact) mass is 237 g/mol. The zero-order valence-corrected chi connectivity index (χ0v) is 10.3. The van der Waals surface area contributed by atoms with E-state index in [-0.39, 0.29) is 6.42 Å². The summed E-state index contributed by atoms with van der Waals surface area (Å²) in [5.41, 5.74) is 2.13. The first-order chi connectivity index (χ1) is 8.13. The van der Waals surface area contributed by atoms with Crippen LogP contribution in [0.15, 0.2) is 18.2 Å². The second kappa shape index (κ2) is 6.78. The number of aryl methyl sites for hydroxylation is 1. The number of carboxylic acid groups (broad SMARTS) is 1. The third kappa shape index (κ3) is 4.76. The van der Waals surface area contributed by atoms with E-state index in [1.165, 1.54) is 0 Å². The van der Waals surface area contributed by atoms with Gasteiger partial charge in [0.2, 0.25) is 0 Å². The van der Waals surface area contributed by atoms with Crippen molar-refractivity contribution < 1.29 is 14.6 Å². The van der Waals surface area contributed by atoms with Crippen LogP contribution in [0.25, 0.3) is 0 Å². The van der Waals surface area contributed by atoms with E-state index in [4.69, 9.17) is 9.84 Å². The molecular weight excluding hydrogens is 218 g/mol. The Hall–Kier alpha value is -1.71. The molecule has 0 spiro atoms. The Morgan fingerprint density at radius 2 is 2.18 bits per heavy atom. The van der Waals surface area contributed by atoms with Crippen LogP contribution in [0.1, 0.15) is 24.8 Å². The maximum Gasteiger partial charge on any atom is 0.303 e. The highest BCUT2D eigenvalue weighted by Gasteiger charge is 2.00. The van der Waals surface area contributed by atoms with Gasteiger partial charge in [-0.2, -0.15) is 0 Å². The zero-order valence-electron chi connectivity index (χ0n) is 10.3. The van der Waals surface area contributed by atoms with Crippen LogP contribution in [0, 0.1) is 6.92 Å². The second-order valence-corrected chi connectivity index (χ2v) is 3.96. The van der Waals surface area contributed by atoms with E-state index >= 15 is 0 Å². The molecule has 1 rings (SSSR count). The molecule has 0 radical (unpaired) electrons. The van der Waals surface area contributed by atoms with Gasteiger partial charge in [-0.25, -0.2) is 0 Å². The molecule has 0 heterocycles. The normalized spacial score (nSPS) is 10.0. The number of aliphatic carboxylic acids is 1. The molecule has 0 unspecified atom stereocenters. The molecule has 0 saturated carbocycles. The molecule has 4 heteroatoms. The Bertz CT molecular complexity index is 377. The molecule has 0 amide bonds. The summed E-state index contributed by atoms with van der Waals surface area (Å²) in [6, 6.07) is 5.91. The number of methoxy groups -OCH3 is 1. The minimum absolute atomic E-state index is 0.239. The zero-order chi connectivity index (χ0) is 12.7. The number of hydrogen-bond donors (Lipinski definition) is 2. The number of carbonyl (C=O) groups is 1. The first kappa shape index (κ1) is 13.4. The van der Waals surface area contributed by atoms with Gasteiger partial charge in [-0.3, -0.25) is 4.79 Å². The van der Waals surface area contributed by atoms with Gasteiger partial charge < -0.3 is 15.2 Å². The van der Waals surface area contributed by atoms with E-state index in [1.807, 2.05) is 25.1 Å². The van der Waals surface area contributed by atoms with Crippen LogP contribution in [0.4, 0.5) is 5.69 Å². The molecule has 0 saturated heterocycles. The van der Waals surface area contributed by atoms with Crippen molar-refractivity contribution in [2.45, 2.75) is 26.2 Å². The summed E-state index contributed by atoms with van der Waals surface area (Å²) in [7, 11) is 1.65. The summed E-state index contributed by atoms with van der Waals surface area (Å²) in [6.07, 6.45) is 1.80. The van der Waals surface area contributed by atoms with Crippen molar-refractivity contribution in [1.82, 2.24) is 0 Å². The van der Waals surface area contributed by atoms with Crippen molar-refractivity contribution in [2.24, 2.45) is 0 Å². The maximum absolute atomic E-state index is 10.3. The van der Waals surface area contributed by atoms with E-state index in [9.17, 15) is 4.79 Å². The van der Waals surface area contributed by atoms with Crippen molar-refractivity contribution in [3.05, 3.63) is 23.8 Å². The molecule has 0 aliphatic heterocycles. The fourth-order valence-corrected chi connectivity index (χ4v) is 1.62. The van der Waals surface area contributed by atoms with E-state index in [0.29, 0.717) is 6.42 Å². The Morgan fingerprint density at radius 1 is 1.41 bits per heavy atom. The minimum atomic E-state index is -0.731. The second-order valence-electron chi connectivity index (χ2n) is 3.96. The Labute approximate surface area is 102 Å². The predicted molar refractivity (Wildman–Crippen MR) is 67.7 cm³/mol. The van der Waals surface area contributed by atoms with Crippen LogP contribution in [0.2, 0.25) is 0 Å². The smallest absolute Gasteiger partial charge is 0.303 e. The molecule has 0 aliphatic carbocycles. The third-order valence-corrected chi connectivity index (χ3v) is 2.54. The van der Waals surface area contributed by atoms with Crippen LogP contribution >= 0.6 is 0 Å². The standard InChI is InChI=1S/C13H19NO3/c1-10-9-11(6-7-12(10)17-2)14-8-4-3-5-13(15)16/h6-7,9,14H,3-5,8H2,1-2H3,(H,15,16). The van der Waals surface area contributed by atoms with Gasteiger partial charge in [-0.1, -0.05) is 0 Å². The van der Waals surface area contributed by atoms with Crippen LogP contribution in [-0.4, -0.2) is 24.7 Å². The van der Waals surface area contributed by atoms with Crippen molar-refractivity contribution in [1.29, 1.82) is 0 Å². The number of rotatable bonds is 7. The molecule has 0 bridgehead atoms. The van der Waals surface area contributed by atoms with Gasteiger partial charge in [0.1, 0.15) is 5.75 Å². The van der Waals surface area contributed by atoms with Gasteiger partial charge in [0.05, 0.1) is 7.11 Å². The number of benzene rings is 1. The number of hydrogen-bond acceptors (Lipinski definition) is 3. The summed E-state index contributed by atoms with van der Waals surface area (Å²) < 4.78 is 5.18. The summed E-state index contributed by atoms with van der Waals surface area (Å²) in [5.74, 6) is 0.145. The molecule has 4 nitrogen and oxygen atoms in total. The minimum Gasteiger partial charge on any atom is -0.496 e. The summed E-state index contributed by atoms with van der Waals surface area (Å²) in [5, 5.41) is 11.8. The topological polar surface area (TPSA) is 58.6 Å². The number of carboxylic acids is 1.